The molecule has 0 saturated heterocycles. The number of fused-ring (bicyclic) bond motifs is 3. The van der Waals surface area contributed by atoms with Crippen LogP contribution in [0.2, 0.25) is 0 Å². The van der Waals surface area contributed by atoms with E-state index in [2.05, 4.69) is 9.55 Å². The zero-order valence-corrected chi connectivity index (χ0v) is 9.28. The highest BCUT2D eigenvalue weighted by molar-refractivity contribution is 5.76. The van der Waals surface area contributed by atoms with E-state index in [1.54, 1.807) is 0 Å². The van der Waals surface area contributed by atoms with Gasteiger partial charge in [-0.05, 0) is 32.1 Å². The zero-order chi connectivity index (χ0) is 11.1. The Morgan fingerprint density at radius 3 is 3.00 bits per heavy atom. The fourth-order valence-electron chi connectivity index (χ4n) is 2.99. The van der Waals surface area contributed by atoms with Crippen LogP contribution in [0.4, 0.5) is 0 Å². The molecule has 0 saturated carbocycles. The SMILES string of the molecule is O=C(O)C1CCCc2nc3n(c21)CCCC3. The number of carbonyl (C=O) groups is 1. The minimum absolute atomic E-state index is 0.317. The molecule has 1 unspecified atom stereocenters. The minimum Gasteiger partial charge on any atom is -0.481 e. The van der Waals surface area contributed by atoms with E-state index in [0.717, 1.165) is 55.9 Å². The second-order valence-corrected chi connectivity index (χ2v) is 4.75. The number of nitrogens with zero attached hydrogens (tertiary/aromatic N) is 2. The van der Waals surface area contributed by atoms with Crippen molar-refractivity contribution in [1.82, 2.24) is 9.55 Å². The summed E-state index contributed by atoms with van der Waals surface area (Å²) in [7, 11) is 0. The van der Waals surface area contributed by atoms with Gasteiger partial charge in [-0.3, -0.25) is 4.79 Å². The summed E-state index contributed by atoms with van der Waals surface area (Å²) in [5.41, 5.74) is 2.06. The number of hydrogen-bond acceptors (Lipinski definition) is 2. The van der Waals surface area contributed by atoms with Gasteiger partial charge in [-0.25, -0.2) is 4.98 Å². The van der Waals surface area contributed by atoms with Gasteiger partial charge in [0.2, 0.25) is 0 Å². The van der Waals surface area contributed by atoms with Crippen molar-refractivity contribution in [2.24, 2.45) is 0 Å². The number of aromatic nitrogens is 2. The number of aliphatic carboxylic acids is 1. The zero-order valence-electron chi connectivity index (χ0n) is 9.28. The summed E-state index contributed by atoms with van der Waals surface area (Å²) in [6.45, 7) is 0.960. The van der Waals surface area contributed by atoms with Crippen LogP contribution >= 0.6 is 0 Å². The van der Waals surface area contributed by atoms with Gasteiger partial charge in [0.15, 0.2) is 0 Å². The predicted octanol–water partition coefficient (Wildman–Crippen LogP) is 1.72. The van der Waals surface area contributed by atoms with Crippen LogP contribution in [0.5, 0.6) is 0 Å². The summed E-state index contributed by atoms with van der Waals surface area (Å²) in [5, 5.41) is 9.26. The molecule has 0 aromatic carbocycles. The average molecular weight is 220 g/mol. The van der Waals surface area contributed by atoms with Gasteiger partial charge in [0.05, 0.1) is 17.3 Å². The Kier molecular flexibility index (Phi) is 2.23. The van der Waals surface area contributed by atoms with Crippen molar-refractivity contribution in [3.05, 3.63) is 17.2 Å². The molecule has 1 aromatic rings. The molecule has 1 N–H and O–H groups in total. The smallest absolute Gasteiger partial charge is 0.312 e. The maximum atomic E-state index is 11.3. The van der Waals surface area contributed by atoms with Gasteiger partial charge in [0, 0.05) is 13.0 Å². The lowest BCUT2D eigenvalue weighted by atomic mass is 9.89. The molecule has 4 nitrogen and oxygen atoms in total. The Hall–Kier alpha value is -1.32. The highest BCUT2D eigenvalue weighted by atomic mass is 16.4. The lowest BCUT2D eigenvalue weighted by Gasteiger charge is -2.23. The third-order valence-corrected chi connectivity index (χ3v) is 3.73. The van der Waals surface area contributed by atoms with Crippen LogP contribution in [0.3, 0.4) is 0 Å². The van der Waals surface area contributed by atoms with Crippen LogP contribution in [-0.4, -0.2) is 20.6 Å². The first-order valence-corrected chi connectivity index (χ1v) is 6.08. The van der Waals surface area contributed by atoms with Gasteiger partial charge in [0.25, 0.3) is 0 Å². The van der Waals surface area contributed by atoms with Crippen molar-refractivity contribution in [3.8, 4) is 0 Å². The highest BCUT2D eigenvalue weighted by Gasteiger charge is 2.32. The molecule has 0 radical (unpaired) electrons. The van der Waals surface area contributed by atoms with Gasteiger partial charge in [-0.15, -0.1) is 0 Å². The molecule has 16 heavy (non-hydrogen) atoms. The number of imidazole rings is 1. The van der Waals surface area contributed by atoms with Crippen molar-refractivity contribution in [1.29, 1.82) is 0 Å². The molecule has 0 fully saturated rings. The van der Waals surface area contributed by atoms with Crippen molar-refractivity contribution in [3.63, 3.8) is 0 Å². The van der Waals surface area contributed by atoms with Crippen molar-refractivity contribution >= 4 is 5.97 Å². The molecule has 1 aliphatic heterocycles. The van der Waals surface area contributed by atoms with E-state index in [4.69, 9.17) is 0 Å². The largest absolute Gasteiger partial charge is 0.481 e. The molecule has 0 amide bonds. The van der Waals surface area contributed by atoms with Crippen LogP contribution in [0.15, 0.2) is 0 Å². The lowest BCUT2D eigenvalue weighted by Crippen LogP contribution is -2.22. The Bertz CT molecular complexity index is 436. The summed E-state index contributed by atoms with van der Waals surface area (Å²) in [4.78, 5) is 15.9. The summed E-state index contributed by atoms with van der Waals surface area (Å²) in [6.07, 6.45) is 6.04. The van der Waals surface area contributed by atoms with Crippen molar-refractivity contribution in [2.45, 2.75) is 51.0 Å². The number of carboxylic acid groups (broad SMARTS) is 1. The summed E-state index contributed by atoms with van der Waals surface area (Å²) in [5.74, 6) is 0.113. The molecule has 4 heteroatoms. The first-order chi connectivity index (χ1) is 7.77. The standard InChI is InChI=1S/C12H16N2O2/c15-12(16)8-4-3-5-9-11(8)14-7-2-1-6-10(14)13-9/h8H,1-7H2,(H,15,16). The Morgan fingerprint density at radius 1 is 1.31 bits per heavy atom. The average Bonchev–Trinajstić information content (AvgIpc) is 2.66. The van der Waals surface area contributed by atoms with Crippen LogP contribution in [0, 0.1) is 0 Å². The van der Waals surface area contributed by atoms with E-state index < -0.39 is 5.97 Å². The third kappa shape index (κ3) is 1.36. The van der Waals surface area contributed by atoms with Gasteiger partial charge in [0.1, 0.15) is 5.82 Å². The summed E-state index contributed by atoms with van der Waals surface area (Å²) >= 11 is 0. The summed E-state index contributed by atoms with van der Waals surface area (Å²) < 4.78 is 2.18. The second kappa shape index (κ2) is 3.61. The van der Waals surface area contributed by atoms with E-state index in [9.17, 15) is 9.90 Å². The topological polar surface area (TPSA) is 55.1 Å². The van der Waals surface area contributed by atoms with Gasteiger partial charge in [-0.1, -0.05) is 0 Å². The van der Waals surface area contributed by atoms with E-state index in [-0.39, 0.29) is 5.92 Å². The maximum absolute atomic E-state index is 11.3. The predicted molar refractivity (Wildman–Crippen MR) is 58.5 cm³/mol. The molecule has 2 heterocycles. The van der Waals surface area contributed by atoms with E-state index in [0.29, 0.717) is 0 Å². The quantitative estimate of drug-likeness (QED) is 0.784. The van der Waals surface area contributed by atoms with Gasteiger partial charge in [-0.2, -0.15) is 0 Å². The molecule has 0 bridgehead atoms. The fraction of sp³-hybridized carbons (Fsp3) is 0.667. The van der Waals surface area contributed by atoms with Crippen LogP contribution in [0.25, 0.3) is 0 Å². The summed E-state index contributed by atoms with van der Waals surface area (Å²) in [6, 6.07) is 0. The molecular weight excluding hydrogens is 204 g/mol. The Labute approximate surface area is 94.3 Å². The third-order valence-electron chi connectivity index (χ3n) is 3.73. The van der Waals surface area contributed by atoms with Crippen LogP contribution in [-0.2, 0) is 24.2 Å². The molecule has 1 aliphatic carbocycles. The molecule has 2 aliphatic rings. The number of hydrogen-bond donors (Lipinski definition) is 1. The van der Waals surface area contributed by atoms with E-state index >= 15 is 0 Å². The van der Waals surface area contributed by atoms with Crippen molar-refractivity contribution < 1.29 is 9.90 Å². The number of rotatable bonds is 1. The number of carboxylic acids is 1. The molecule has 1 aromatic heterocycles. The number of aryl methyl sites for hydroxylation is 2. The monoisotopic (exact) mass is 220 g/mol. The van der Waals surface area contributed by atoms with Gasteiger partial charge >= 0.3 is 5.97 Å². The first kappa shape index (κ1) is 9.87. The minimum atomic E-state index is -0.686. The van der Waals surface area contributed by atoms with E-state index in [1.165, 1.54) is 6.42 Å². The van der Waals surface area contributed by atoms with Crippen LogP contribution < -0.4 is 0 Å². The van der Waals surface area contributed by atoms with E-state index in [1.807, 2.05) is 0 Å². The van der Waals surface area contributed by atoms with Crippen LogP contribution in [0.1, 0.15) is 48.8 Å². The highest BCUT2D eigenvalue weighted by Crippen LogP contribution is 2.34. The molecule has 1 atom stereocenters. The van der Waals surface area contributed by atoms with Crippen molar-refractivity contribution in [2.75, 3.05) is 0 Å². The Balaban J connectivity index is 2.11. The lowest BCUT2D eigenvalue weighted by molar-refractivity contribution is -0.139. The fourth-order valence-corrected chi connectivity index (χ4v) is 2.99. The normalized spacial score (nSPS) is 23.6. The maximum Gasteiger partial charge on any atom is 0.312 e. The Morgan fingerprint density at radius 2 is 2.19 bits per heavy atom. The first-order valence-electron chi connectivity index (χ1n) is 6.08. The molecule has 3 rings (SSSR count). The second-order valence-electron chi connectivity index (χ2n) is 4.75. The molecular formula is C12H16N2O2. The molecule has 0 spiro atoms. The molecule has 86 valence electrons. The van der Waals surface area contributed by atoms with Gasteiger partial charge < -0.3 is 9.67 Å².